The van der Waals surface area contributed by atoms with Gasteiger partial charge in [0.2, 0.25) is 0 Å². The molecule has 0 aromatic heterocycles. The SMILES string of the molecule is CSC(=NC(=S)NC(C)(C)C)NC(=O)NC(C)(C)C. The normalized spacial score (nSPS) is 12.9. The molecule has 2 amide bonds. The van der Waals surface area contributed by atoms with Crippen LogP contribution in [0.4, 0.5) is 4.79 Å². The van der Waals surface area contributed by atoms with Crippen LogP contribution in [0.15, 0.2) is 4.99 Å². The summed E-state index contributed by atoms with van der Waals surface area (Å²) in [7, 11) is 0. The maximum absolute atomic E-state index is 11.7. The Morgan fingerprint density at radius 3 is 1.89 bits per heavy atom. The number of hydrogen-bond acceptors (Lipinski definition) is 3. The second-order valence-electron chi connectivity index (χ2n) is 6.13. The highest BCUT2D eigenvalue weighted by atomic mass is 32.2. The minimum Gasteiger partial charge on any atom is -0.356 e. The molecule has 0 spiro atoms. The van der Waals surface area contributed by atoms with Crippen LogP contribution in [0.5, 0.6) is 0 Å². The number of carbonyl (C=O) groups excluding carboxylic acids is 1. The van der Waals surface area contributed by atoms with Gasteiger partial charge in [-0.2, -0.15) is 4.99 Å². The number of rotatable bonds is 0. The second kappa shape index (κ2) is 7.09. The Bertz CT molecular complexity index is 367. The lowest BCUT2D eigenvalue weighted by Gasteiger charge is -2.22. The van der Waals surface area contributed by atoms with E-state index in [2.05, 4.69) is 20.9 Å². The van der Waals surface area contributed by atoms with Gasteiger partial charge < -0.3 is 10.6 Å². The Morgan fingerprint density at radius 2 is 1.53 bits per heavy atom. The van der Waals surface area contributed by atoms with Crippen LogP contribution in [0, 0.1) is 0 Å². The van der Waals surface area contributed by atoms with Crippen molar-refractivity contribution < 1.29 is 4.79 Å². The zero-order chi connectivity index (χ0) is 15.3. The lowest BCUT2D eigenvalue weighted by molar-refractivity contribution is 0.237. The van der Waals surface area contributed by atoms with Gasteiger partial charge in [-0.15, -0.1) is 0 Å². The summed E-state index contributed by atoms with van der Waals surface area (Å²) in [4.78, 5) is 15.9. The minimum absolute atomic E-state index is 0.155. The first-order valence-electron chi connectivity index (χ1n) is 5.97. The summed E-state index contributed by atoms with van der Waals surface area (Å²) in [6.45, 7) is 11.7. The highest BCUT2D eigenvalue weighted by molar-refractivity contribution is 8.13. The molecule has 3 N–H and O–H groups in total. The van der Waals surface area contributed by atoms with Crippen molar-refractivity contribution in [2.75, 3.05) is 6.26 Å². The molecule has 0 unspecified atom stereocenters. The summed E-state index contributed by atoms with van der Waals surface area (Å²) in [5.41, 5.74) is -0.449. The Hall–Kier alpha value is -0.820. The summed E-state index contributed by atoms with van der Waals surface area (Å²) in [5.74, 6) is 0. The van der Waals surface area contributed by atoms with E-state index in [1.165, 1.54) is 11.8 Å². The number of amides is 2. The van der Waals surface area contributed by atoms with E-state index in [0.717, 1.165) is 0 Å². The molecule has 0 radical (unpaired) electrons. The van der Waals surface area contributed by atoms with Gasteiger partial charge in [0.25, 0.3) is 0 Å². The maximum Gasteiger partial charge on any atom is 0.321 e. The fourth-order valence-electron chi connectivity index (χ4n) is 1.03. The number of thiocarbonyl (C=S) groups is 1. The molecular weight excluding hydrogens is 280 g/mol. The van der Waals surface area contributed by atoms with Crippen molar-refractivity contribution in [1.29, 1.82) is 0 Å². The first-order valence-corrected chi connectivity index (χ1v) is 7.60. The van der Waals surface area contributed by atoms with Crippen molar-refractivity contribution in [3.63, 3.8) is 0 Å². The molecule has 0 aliphatic heterocycles. The van der Waals surface area contributed by atoms with Crippen LogP contribution in [-0.2, 0) is 0 Å². The van der Waals surface area contributed by atoms with E-state index in [9.17, 15) is 4.79 Å². The average Bonchev–Trinajstić information content (AvgIpc) is 2.10. The lowest BCUT2D eigenvalue weighted by Crippen LogP contribution is -2.48. The summed E-state index contributed by atoms with van der Waals surface area (Å²) in [5, 5.41) is 9.35. The number of nitrogens with one attached hydrogen (secondary N) is 3. The minimum atomic E-state index is -0.294. The molecule has 0 heterocycles. The first-order chi connectivity index (χ1) is 8.43. The summed E-state index contributed by atoms with van der Waals surface area (Å²) in [6, 6.07) is -0.292. The number of urea groups is 1. The van der Waals surface area contributed by atoms with Crippen molar-refractivity contribution >= 4 is 40.3 Å². The summed E-state index contributed by atoms with van der Waals surface area (Å²) < 4.78 is 0. The molecule has 0 aliphatic carbocycles. The first kappa shape index (κ1) is 18.2. The molecule has 7 heteroatoms. The quantitative estimate of drug-likeness (QED) is 0.365. The van der Waals surface area contributed by atoms with Crippen LogP contribution >= 0.6 is 24.0 Å². The van der Waals surface area contributed by atoms with Gasteiger partial charge in [0.1, 0.15) is 0 Å². The van der Waals surface area contributed by atoms with E-state index in [1.54, 1.807) is 0 Å². The maximum atomic E-state index is 11.7. The van der Waals surface area contributed by atoms with Gasteiger partial charge >= 0.3 is 6.03 Å². The van der Waals surface area contributed by atoms with Crippen molar-refractivity contribution in [1.82, 2.24) is 16.0 Å². The van der Waals surface area contributed by atoms with Crippen LogP contribution in [0.3, 0.4) is 0 Å². The molecule has 0 aliphatic rings. The topological polar surface area (TPSA) is 65.5 Å². The van der Waals surface area contributed by atoms with Crippen LogP contribution in [0.1, 0.15) is 41.5 Å². The fourth-order valence-corrected chi connectivity index (χ4v) is 1.87. The highest BCUT2D eigenvalue weighted by Gasteiger charge is 2.15. The smallest absolute Gasteiger partial charge is 0.321 e. The predicted molar refractivity (Wildman–Crippen MR) is 87.9 cm³/mol. The largest absolute Gasteiger partial charge is 0.356 e. The van der Waals surface area contributed by atoms with Gasteiger partial charge in [-0.05, 0) is 60.0 Å². The van der Waals surface area contributed by atoms with Gasteiger partial charge in [0, 0.05) is 11.1 Å². The number of nitrogens with zero attached hydrogens (tertiary/aromatic N) is 1. The molecule has 0 saturated heterocycles. The molecule has 0 aromatic carbocycles. The van der Waals surface area contributed by atoms with E-state index in [0.29, 0.717) is 10.3 Å². The van der Waals surface area contributed by atoms with E-state index in [-0.39, 0.29) is 17.1 Å². The Kier molecular flexibility index (Phi) is 6.79. The number of carbonyl (C=O) groups is 1. The third-order valence-corrected chi connectivity index (χ3v) is 2.36. The van der Waals surface area contributed by atoms with E-state index >= 15 is 0 Å². The molecule has 0 bridgehead atoms. The third-order valence-electron chi connectivity index (χ3n) is 1.59. The predicted octanol–water partition coefficient (Wildman–Crippen LogP) is 2.48. The molecule has 0 saturated carbocycles. The molecule has 0 fully saturated rings. The van der Waals surface area contributed by atoms with Crippen LogP contribution < -0.4 is 16.0 Å². The Morgan fingerprint density at radius 1 is 1.05 bits per heavy atom. The standard InChI is InChI=1S/C12H24N4OS2/c1-11(2,3)15-8(17)13-10(19-7)14-9(18)16-12(4,5)6/h1-7H3,(H3,13,14,15,16,17,18). The molecule has 0 atom stereocenters. The van der Waals surface area contributed by atoms with E-state index in [1.807, 2.05) is 47.8 Å². The van der Waals surface area contributed by atoms with Crippen molar-refractivity contribution in [2.45, 2.75) is 52.6 Å². The average molecular weight is 304 g/mol. The van der Waals surface area contributed by atoms with Gasteiger partial charge in [-0.1, -0.05) is 11.8 Å². The molecule has 19 heavy (non-hydrogen) atoms. The monoisotopic (exact) mass is 304 g/mol. The molecule has 110 valence electrons. The molecule has 5 nitrogen and oxygen atoms in total. The van der Waals surface area contributed by atoms with E-state index in [4.69, 9.17) is 12.2 Å². The number of thioether (sulfide) groups is 1. The van der Waals surface area contributed by atoms with Crippen molar-refractivity contribution in [2.24, 2.45) is 4.99 Å². The van der Waals surface area contributed by atoms with Gasteiger partial charge in [0.05, 0.1) is 0 Å². The fraction of sp³-hybridized carbons (Fsp3) is 0.750. The van der Waals surface area contributed by atoms with Crippen LogP contribution in [0.25, 0.3) is 0 Å². The van der Waals surface area contributed by atoms with E-state index < -0.39 is 0 Å². The lowest BCUT2D eigenvalue weighted by atomic mass is 10.1. The van der Waals surface area contributed by atoms with Crippen LogP contribution in [0.2, 0.25) is 0 Å². The zero-order valence-electron chi connectivity index (χ0n) is 12.7. The summed E-state index contributed by atoms with van der Waals surface area (Å²) >= 11 is 6.45. The number of hydrogen-bond donors (Lipinski definition) is 3. The van der Waals surface area contributed by atoms with Gasteiger partial charge in [-0.25, -0.2) is 4.79 Å². The third kappa shape index (κ3) is 10.8. The molecule has 0 rings (SSSR count). The second-order valence-corrected chi connectivity index (χ2v) is 7.31. The molecular formula is C12H24N4OS2. The van der Waals surface area contributed by atoms with Crippen LogP contribution in [-0.4, -0.2) is 33.6 Å². The number of aliphatic imine (C=N–C) groups is 1. The van der Waals surface area contributed by atoms with Gasteiger partial charge in [-0.3, -0.25) is 5.32 Å². The van der Waals surface area contributed by atoms with Gasteiger partial charge in [0.15, 0.2) is 10.3 Å². The van der Waals surface area contributed by atoms with Crippen molar-refractivity contribution in [3.8, 4) is 0 Å². The molecule has 0 aromatic rings. The van der Waals surface area contributed by atoms with Crippen molar-refractivity contribution in [3.05, 3.63) is 0 Å². The highest BCUT2D eigenvalue weighted by Crippen LogP contribution is 2.02. The summed E-state index contributed by atoms with van der Waals surface area (Å²) in [6.07, 6.45) is 1.83. The zero-order valence-corrected chi connectivity index (χ0v) is 14.3. The number of amidine groups is 1. The Balaban J connectivity index is 4.58. The Labute approximate surface area is 125 Å².